The second kappa shape index (κ2) is 11.7. The number of hydrogen-bond acceptors (Lipinski definition) is 5. The zero-order chi connectivity index (χ0) is 28.4. The number of nitrogens with zero attached hydrogens (tertiary/aromatic N) is 3. The normalized spacial score (nSPS) is 15.1. The minimum absolute atomic E-state index is 0.283. The lowest BCUT2D eigenvalue weighted by atomic mass is 10.00. The van der Waals surface area contributed by atoms with E-state index in [9.17, 15) is 9.59 Å². The third kappa shape index (κ3) is 5.52. The Balaban J connectivity index is 1.36. The summed E-state index contributed by atoms with van der Waals surface area (Å²) in [5, 5.41) is 7.55. The number of ether oxygens (including phenoxy) is 2. The summed E-state index contributed by atoms with van der Waals surface area (Å²) in [7, 11) is 1.62. The maximum absolute atomic E-state index is 13.5. The number of halogens is 1. The van der Waals surface area contributed by atoms with Crippen molar-refractivity contribution >= 4 is 33.4 Å². The van der Waals surface area contributed by atoms with Crippen LogP contribution in [0.25, 0.3) is 16.8 Å². The molecule has 1 aliphatic heterocycles. The third-order valence-corrected chi connectivity index (χ3v) is 7.73. The first-order chi connectivity index (χ1) is 19.3. The Hall–Kier alpha value is -3.95. The number of benzene rings is 3. The monoisotopic (exact) mass is 602 g/mol. The number of nitrogens with one attached hydrogen (secondary N) is 1. The summed E-state index contributed by atoms with van der Waals surface area (Å²) in [6, 6.07) is 20.9. The number of methoxy groups -OCH3 is 1. The molecule has 2 heterocycles. The van der Waals surface area contributed by atoms with Gasteiger partial charge in [0.05, 0.1) is 37.7 Å². The van der Waals surface area contributed by atoms with E-state index < -0.39 is 17.9 Å². The van der Waals surface area contributed by atoms with Crippen LogP contribution in [0.4, 0.5) is 5.69 Å². The summed E-state index contributed by atoms with van der Waals surface area (Å²) in [5.41, 5.74) is 7.06. The number of rotatable bonds is 5. The number of hydrogen-bond donors (Lipinski definition) is 1. The molecule has 40 heavy (non-hydrogen) atoms. The number of morpholine rings is 1. The van der Waals surface area contributed by atoms with Crippen molar-refractivity contribution in [1.82, 2.24) is 14.7 Å². The predicted molar refractivity (Wildman–Crippen MR) is 158 cm³/mol. The van der Waals surface area contributed by atoms with E-state index in [1.165, 1.54) is 0 Å². The van der Waals surface area contributed by atoms with Crippen molar-refractivity contribution in [2.45, 2.75) is 26.8 Å². The van der Waals surface area contributed by atoms with Crippen molar-refractivity contribution in [3.8, 4) is 22.6 Å². The van der Waals surface area contributed by atoms with Gasteiger partial charge >= 0.3 is 11.8 Å². The van der Waals surface area contributed by atoms with E-state index in [1.807, 2.05) is 92.2 Å². The van der Waals surface area contributed by atoms with Crippen LogP contribution in [0.15, 0.2) is 71.2 Å². The zero-order valence-electron chi connectivity index (χ0n) is 22.9. The molecule has 3 aromatic carbocycles. The first-order valence-corrected chi connectivity index (χ1v) is 13.8. The third-order valence-electron chi connectivity index (χ3n) is 7.20. The summed E-state index contributed by atoms with van der Waals surface area (Å²) >= 11 is 3.46. The molecule has 9 heteroatoms. The van der Waals surface area contributed by atoms with E-state index in [0.29, 0.717) is 18.8 Å². The highest BCUT2D eigenvalue weighted by Gasteiger charge is 2.35. The fourth-order valence-corrected chi connectivity index (χ4v) is 5.49. The molecular formula is C31H31BrN4O4. The van der Waals surface area contributed by atoms with Gasteiger partial charge < -0.3 is 19.7 Å². The van der Waals surface area contributed by atoms with Crippen molar-refractivity contribution in [1.29, 1.82) is 0 Å². The number of carbonyl (C=O) groups excluding carboxylic acids is 2. The van der Waals surface area contributed by atoms with Crippen molar-refractivity contribution in [3.63, 3.8) is 0 Å². The van der Waals surface area contributed by atoms with Crippen LogP contribution in [-0.2, 0) is 14.3 Å². The van der Waals surface area contributed by atoms with Crippen molar-refractivity contribution in [2.75, 3.05) is 32.2 Å². The summed E-state index contributed by atoms with van der Waals surface area (Å²) in [4.78, 5) is 28.3. The smallest absolute Gasteiger partial charge is 0.313 e. The maximum atomic E-state index is 13.5. The standard InChI is InChI=1S/C31H31BrN4O4/c1-19-16-24(12-13-27(19)22-8-10-23(32)11-9-22)33-30(37)31(38)35-14-15-40-18-28(35)29-20(2)34-36(21(29)3)25-6-5-7-26(17-25)39-4/h5-13,16-17,28H,14-15,18H2,1-4H3,(H,33,37). The molecule has 0 bridgehead atoms. The molecule has 206 valence electrons. The molecule has 2 amide bonds. The van der Waals surface area contributed by atoms with Gasteiger partial charge in [-0.2, -0.15) is 5.10 Å². The minimum Gasteiger partial charge on any atom is -0.497 e. The second-order valence-electron chi connectivity index (χ2n) is 9.78. The fraction of sp³-hybridized carbons (Fsp3) is 0.258. The molecule has 1 saturated heterocycles. The average molecular weight is 604 g/mol. The van der Waals surface area contributed by atoms with Crippen LogP contribution in [0.1, 0.15) is 28.6 Å². The van der Waals surface area contributed by atoms with E-state index in [2.05, 4.69) is 21.2 Å². The number of amides is 2. The minimum atomic E-state index is -0.682. The predicted octanol–water partition coefficient (Wildman–Crippen LogP) is 5.77. The largest absolute Gasteiger partial charge is 0.497 e. The number of aromatic nitrogens is 2. The Bertz CT molecular complexity index is 1560. The van der Waals surface area contributed by atoms with Gasteiger partial charge in [0.2, 0.25) is 0 Å². The molecule has 4 aromatic rings. The molecule has 0 saturated carbocycles. The highest BCUT2D eigenvalue weighted by atomic mass is 79.9. The van der Waals surface area contributed by atoms with E-state index in [-0.39, 0.29) is 6.61 Å². The van der Waals surface area contributed by atoms with E-state index in [1.54, 1.807) is 12.0 Å². The molecule has 0 spiro atoms. The summed E-state index contributed by atoms with van der Waals surface area (Å²) in [5.74, 6) is -0.560. The molecule has 1 atom stereocenters. The Morgan fingerprint density at radius 2 is 1.82 bits per heavy atom. The maximum Gasteiger partial charge on any atom is 0.313 e. The van der Waals surface area contributed by atoms with Crippen LogP contribution in [0, 0.1) is 20.8 Å². The van der Waals surface area contributed by atoms with Crippen LogP contribution in [0.3, 0.4) is 0 Å². The second-order valence-corrected chi connectivity index (χ2v) is 10.7. The van der Waals surface area contributed by atoms with Gasteiger partial charge in [-0.05, 0) is 73.9 Å². The first-order valence-electron chi connectivity index (χ1n) is 13.0. The molecule has 5 rings (SSSR count). The van der Waals surface area contributed by atoms with Crippen LogP contribution >= 0.6 is 15.9 Å². The van der Waals surface area contributed by atoms with Gasteiger partial charge in [0.25, 0.3) is 0 Å². The lowest BCUT2D eigenvalue weighted by Crippen LogP contribution is -2.48. The van der Waals surface area contributed by atoms with Gasteiger partial charge in [0, 0.05) is 34.0 Å². The van der Waals surface area contributed by atoms with Gasteiger partial charge in [-0.3, -0.25) is 9.59 Å². The average Bonchev–Trinajstić information content (AvgIpc) is 3.26. The lowest BCUT2D eigenvalue weighted by molar-refractivity contribution is -0.149. The molecule has 1 unspecified atom stereocenters. The van der Waals surface area contributed by atoms with Crippen molar-refractivity contribution in [2.24, 2.45) is 0 Å². The highest BCUT2D eigenvalue weighted by molar-refractivity contribution is 9.10. The summed E-state index contributed by atoms with van der Waals surface area (Å²) < 4.78 is 14.0. The fourth-order valence-electron chi connectivity index (χ4n) is 5.23. The van der Waals surface area contributed by atoms with Gasteiger partial charge in [0.15, 0.2) is 0 Å². The van der Waals surface area contributed by atoms with Crippen LogP contribution in [0.5, 0.6) is 5.75 Å². The quantitative estimate of drug-likeness (QED) is 0.293. The van der Waals surface area contributed by atoms with Gasteiger partial charge in [-0.1, -0.05) is 40.2 Å². The number of anilines is 1. The van der Waals surface area contributed by atoms with E-state index >= 15 is 0 Å². The van der Waals surface area contributed by atoms with Crippen molar-refractivity contribution in [3.05, 3.63) is 93.7 Å². The van der Waals surface area contributed by atoms with Crippen LogP contribution < -0.4 is 10.1 Å². The molecule has 0 radical (unpaired) electrons. The van der Waals surface area contributed by atoms with Gasteiger partial charge in [-0.25, -0.2) is 4.68 Å². The van der Waals surface area contributed by atoms with Crippen molar-refractivity contribution < 1.29 is 19.1 Å². The van der Waals surface area contributed by atoms with Crippen LogP contribution in [-0.4, -0.2) is 53.4 Å². The Morgan fingerprint density at radius 1 is 1.05 bits per heavy atom. The SMILES string of the molecule is COc1cccc(-n2nc(C)c(C3COCCN3C(=O)C(=O)Nc3ccc(-c4ccc(Br)cc4)c(C)c3)c2C)c1. The first kappa shape index (κ1) is 27.6. The number of aryl methyl sites for hydroxylation is 2. The Morgan fingerprint density at radius 3 is 2.55 bits per heavy atom. The summed E-state index contributed by atoms with van der Waals surface area (Å²) in [6.07, 6.45) is 0. The molecule has 1 aromatic heterocycles. The van der Waals surface area contributed by atoms with Crippen LogP contribution in [0.2, 0.25) is 0 Å². The van der Waals surface area contributed by atoms with E-state index in [4.69, 9.17) is 14.6 Å². The molecule has 1 fully saturated rings. The Kier molecular flexibility index (Phi) is 8.04. The van der Waals surface area contributed by atoms with Gasteiger partial charge in [-0.15, -0.1) is 0 Å². The van der Waals surface area contributed by atoms with E-state index in [0.717, 1.165) is 49.6 Å². The highest BCUT2D eigenvalue weighted by Crippen LogP contribution is 2.32. The Labute approximate surface area is 242 Å². The van der Waals surface area contributed by atoms with Gasteiger partial charge in [0.1, 0.15) is 5.75 Å². The lowest BCUT2D eigenvalue weighted by Gasteiger charge is -2.35. The number of carbonyl (C=O) groups is 2. The topological polar surface area (TPSA) is 85.7 Å². The molecule has 8 nitrogen and oxygen atoms in total. The molecular weight excluding hydrogens is 572 g/mol. The molecule has 1 N–H and O–H groups in total. The molecule has 1 aliphatic rings. The zero-order valence-corrected chi connectivity index (χ0v) is 24.5. The molecule has 0 aliphatic carbocycles. The summed E-state index contributed by atoms with van der Waals surface area (Å²) in [6.45, 7) is 6.80.